The van der Waals surface area contributed by atoms with Crippen LogP contribution in [0.4, 0.5) is 5.69 Å². The Kier molecular flexibility index (Phi) is 5.69. The first-order valence-corrected chi connectivity index (χ1v) is 8.44. The number of amides is 1. The molecule has 1 fully saturated rings. The molecule has 110 valence electrons. The Bertz CT molecular complexity index is 487. The molecule has 1 aromatic rings. The average molecular weight is 407 g/mol. The van der Waals surface area contributed by atoms with Crippen molar-refractivity contribution in [3.05, 3.63) is 26.8 Å². The second kappa shape index (κ2) is 7.09. The first-order chi connectivity index (χ1) is 9.54. The lowest BCUT2D eigenvalue weighted by Gasteiger charge is -2.36. The van der Waals surface area contributed by atoms with Crippen LogP contribution in [-0.2, 0) is 4.79 Å². The van der Waals surface area contributed by atoms with Gasteiger partial charge < -0.3 is 10.6 Å². The number of hydrogen-bond acceptors (Lipinski definition) is 2. The minimum Gasteiger partial charge on any atom is -0.325 e. The molecule has 1 aromatic carbocycles. The van der Waals surface area contributed by atoms with Crippen LogP contribution in [0.15, 0.2) is 18.2 Å². The summed E-state index contributed by atoms with van der Waals surface area (Å²) in [4.78, 5) is 12.3. The van der Waals surface area contributed by atoms with E-state index < -0.39 is 0 Å². The molecule has 0 aromatic heterocycles. The molecule has 0 heterocycles. The Morgan fingerprint density at radius 3 is 2.65 bits per heavy atom. The van der Waals surface area contributed by atoms with Gasteiger partial charge in [-0.2, -0.15) is 0 Å². The average Bonchev–Trinajstić information content (AvgIpc) is 2.43. The summed E-state index contributed by atoms with van der Waals surface area (Å²) in [6, 6.07) is 5.51. The molecule has 0 spiro atoms. The second-order valence-electron chi connectivity index (χ2n) is 5.44. The van der Waals surface area contributed by atoms with Gasteiger partial charge in [0.2, 0.25) is 5.91 Å². The number of rotatable bonds is 4. The molecule has 1 amide bonds. The molecule has 1 aliphatic carbocycles. The SMILES string of the molecule is CNC1(CC(=O)Nc2ccc(Cl)cc2I)CCCCC1. The van der Waals surface area contributed by atoms with Gasteiger partial charge in [-0.05, 0) is 60.7 Å². The van der Waals surface area contributed by atoms with Gasteiger partial charge in [-0.1, -0.05) is 30.9 Å². The minimum absolute atomic E-state index is 0.0276. The van der Waals surface area contributed by atoms with E-state index in [-0.39, 0.29) is 11.4 Å². The molecule has 3 nitrogen and oxygen atoms in total. The molecular formula is C15H20ClIN2O. The van der Waals surface area contributed by atoms with Gasteiger partial charge in [0.15, 0.2) is 0 Å². The first-order valence-electron chi connectivity index (χ1n) is 6.98. The highest BCUT2D eigenvalue weighted by Crippen LogP contribution is 2.31. The highest BCUT2D eigenvalue weighted by Gasteiger charge is 2.32. The lowest BCUT2D eigenvalue weighted by atomic mass is 9.79. The van der Waals surface area contributed by atoms with Gasteiger partial charge in [-0.3, -0.25) is 4.79 Å². The number of carbonyl (C=O) groups excluding carboxylic acids is 1. The third-order valence-electron chi connectivity index (χ3n) is 4.05. The predicted molar refractivity (Wildman–Crippen MR) is 92.3 cm³/mol. The summed E-state index contributed by atoms with van der Waals surface area (Å²) in [5, 5.41) is 7.06. The summed E-state index contributed by atoms with van der Waals surface area (Å²) in [5.74, 6) is 0.0708. The molecule has 1 saturated carbocycles. The highest BCUT2D eigenvalue weighted by atomic mass is 127. The monoisotopic (exact) mass is 406 g/mol. The Morgan fingerprint density at radius 2 is 2.05 bits per heavy atom. The van der Waals surface area contributed by atoms with Crippen molar-refractivity contribution in [2.75, 3.05) is 12.4 Å². The van der Waals surface area contributed by atoms with Gasteiger partial charge in [0, 0.05) is 20.6 Å². The van der Waals surface area contributed by atoms with Crippen LogP contribution in [0.3, 0.4) is 0 Å². The van der Waals surface area contributed by atoms with Crippen LogP contribution in [0.2, 0.25) is 5.02 Å². The lowest BCUT2D eigenvalue weighted by molar-refractivity contribution is -0.117. The molecule has 0 atom stereocenters. The Balaban J connectivity index is 2.00. The number of nitrogens with one attached hydrogen (secondary N) is 2. The minimum atomic E-state index is -0.0276. The fraction of sp³-hybridized carbons (Fsp3) is 0.533. The maximum absolute atomic E-state index is 12.3. The number of halogens is 2. The van der Waals surface area contributed by atoms with Crippen LogP contribution in [0.1, 0.15) is 38.5 Å². The van der Waals surface area contributed by atoms with Gasteiger partial charge in [-0.25, -0.2) is 0 Å². The van der Waals surface area contributed by atoms with Gasteiger partial charge in [-0.15, -0.1) is 0 Å². The van der Waals surface area contributed by atoms with Crippen molar-refractivity contribution in [3.63, 3.8) is 0 Å². The van der Waals surface area contributed by atoms with Crippen molar-refractivity contribution in [2.45, 2.75) is 44.1 Å². The predicted octanol–water partition coefficient (Wildman–Crippen LogP) is 4.20. The summed E-state index contributed by atoms with van der Waals surface area (Å²) in [7, 11) is 1.96. The molecule has 0 saturated heterocycles. The maximum atomic E-state index is 12.3. The molecule has 20 heavy (non-hydrogen) atoms. The van der Waals surface area contributed by atoms with E-state index in [1.165, 1.54) is 19.3 Å². The molecule has 0 bridgehead atoms. The lowest BCUT2D eigenvalue weighted by Crippen LogP contribution is -2.47. The van der Waals surface area contributed by atoms with E-state index in [9.17, 15) is 4.79 Å². The van der Waals surface area contributed by atoms with Crippen LogP contribution in [-0.4, -0.2) is 18.5 Å². The smallest absolute Gasteiger partial charge is 0.226 e. The van der Waals surface area contributed by atoms with Crippen LogP contribution >= 0.6 is 34.2 Å². The fourth-order valence-corrected chi connectivity index (χ4v) is 3.84. The summed E-state index contributed by atoms with van der Waals surface area (Å²) in [6.07, 6.45) is 6.37. The molecule has 0 aliphatic heterocycles. The fourth-order valence-electron chi connectivity index (χ4n) is 2.84. The van der Waals surface area contributed by atoms with E-state index in [0.717, 1.165) is 22.1 Å². The summed E-state index contributed by atoms with van der Waals surface area (Å²) < 4.78 is 0.964. The number of anilines is 1. The molecule has 0 radical (unpaired) electrons. The molecule has 2 rings (SSSR count). The van der Waals surface area contributed by atoms with Crippen molar-refractivity contribution in [1.82, 2.24) is 5.32 Å². The zero-order chi connectivity index (χ0) is 14.6. The van der Waals surface area contributed by atoms with E-state index in [2.05, 4.69) is 33.2 Å². The Morgan fingerprint density at radius 1 is 1.35 bits per heavy atom. The van der Waals surface area contributed by atoms with E-state index in [1.807, 2.05) is 19.2 Å². The topological polar surface area (TPSA) is 41.1 Å². The zero-order valence-electron chi connectivity index (χ0n) is 11.6. The summed E-state index contributed by atoms with van der Waals surface area (Å²) in [6.45, 7) is 0. The van der Waals surface area contributed by atoms with E-state index in [1.54, 1.807) is 6.07 Å². The molecular weight excluding hydrogens is 387 g/mol. The zero-order valence-corrected chi connectivity index (χ0v) is 14.6. The molecule has 0 unspecified atom stereocenters. The number of carbonyl (C=O) groups is 1. The first kappa shape index (κ1) is 16.0. The summed E-state index contributed by atoms with van der Waals surface area (Å²) in [5.41, 5.74) is 0.808. The van der Waals surface area contributed by atoms with E-state index >= 15 is 0 Å². The van der Waals surface area contributed by atoms with Crippen LogP contribution < -0.4 is 10.6 Å². The molecule has 5 heteroatoms. The van der Waals surface area contributed by atoms with Crippen LogP contribution in [0.25, 0.3) is 0 Å². The third kappa shape index (κ3) is 4.09. The van der Waals surface area contributed by atoms with Crippen LogP contribution in [0.5, 0.6) is 0 Å². The highest BCUT2D eigenvalue weighted by molar-refractivity contribution is 14.1. The third-order valence-corrected chi connectivity index (χ3v) is 5.17. The Hall–Kier alpha value is -0.330. The summed E-state index contributed by atoms with van der Waals surface area (Å²) >= 11 is 8.11. The van der Waals surface area contributed by atoms with Gasteiger partial charge in [0.1, 0.15) is 0 Å². The van der Waals surface area contributed by atoms with Gasteiger partial charge in [0.25, 0.3) is 0 Å². The van der Waals surface area contributed by atoms with E-state index in [0.29, 0.717) is 11.4 Å². The van der Waals surface area contributed by atoms with E-state index in [4.69, 9.17) is 11.6 Å². The van der Waals surface area contributed by atoms with Gasteiger partial charge in [0.05, 0.1) is 5.69 Å². The van der Waals surface area contributed by atoms with Crippen molar-refractivity contribution in [2.24, 2.45) is 0 Å². The molecule has 2 N–H and O–H groups in total. The normalized spacial score (nSPS) is 17.8. The van der Waals surface area contributed by atoms with Crippen molar-refractivity contribution >= 4 is 45.8 Å². The standard InChI is InChI=1S/C15H20ClIN2O/c1-18-15(7-3-2-4-8-15)10-14(20)19-13-6-5-11(16)9-12(13)17/h5-6,9,18H,2-4,7-8,10H2,1H3,(H,19,20). The maximum Gasteiger partial charge on any atom is 0.226 e. The van der Waals surface area contributed by atoms with Crippen molar-refractivity contribution < 1.29 is 4.79 Å². The van der Waals surface area contributed by atoms with Crippen LogP contribution in [0, 0.1) is 3.57 Å². The quantitative estimate of drug-likeness (QED) is 0.736. The van der Waals surface area contributed by atoms with Crippen molar-refractivity contribution in [1.29, 1.82) is 0 Å². The molecule has 1 aliphatic rings. The largest absolute Gasteiger partial charge is 0.325 e. The number of benzene rings is 1. The Labute approximate surface area is 139 Å². The van der Waals surface area contributed by atoms with Crippen molar-refractivity contribution in [3.8, 4) is 0 Å². The second-order valence-corrected chi connectivity index (χ2v) is 7.04. The number of hydrogen-bond donors (Lipinski definition) is 2. The van der Waals surface area contributed by atoms with Gasteiger partial charge >= 0.3 is 0 Å².